The fourth-order valence-corrected chi connectivity index (χ4v) is 2.55. The average Bonchev–Trinajstić information content (AvgIpc) is 2.53. The second-order valence-electron chi connectivity index (χ2n) is 5.88. The van der Waals surface area contributed by atoms with Crippen LogP contribution in [0.5, 0.6) is 0 Å². The molecule has 0 fully saturated rings. The molecule has 120 valence electrons. The minimum Gasteiger partial charge on any atom is -0.367 e. The van der Waals surface area contributed by atoms with Gasteiger partial charge in [0.2, 0.25) is 5.91 Å². The lowest BCUT2D eigenvalue weighted by Gasteiger charge is -2.10. The van der Waals surface area contributed by atoms with Crippen molar-refractivity contribution in [2.75, 3.05) is 6.54 Å². The summed E-state index contributed by atoms with van der Waals surface area (Å²) >= 11 is 0. The fraction of sp³-hybridized carbons (Fsp3) is 0.722. The summed E-state index contributed by atoms with van der Waals surface area (Å²) in [6.07, 6.45) is 19.6. The SMILES string of the molecule is CCCCCCCCCCCCNC(=O)C1=CNC=CC1. The molecule has 0 aromatic rings. The van der Waals surface area contributed by atoms with Crippen LogP contribution in [-0.4, -0.2) is 12.5 Å². The van der Waals surface area contributed by atoms with E-state index in [1.165, 1.54) is 57.8 Å². The highest BCUT2D eigenvalue weighted by Gasteiger charge is 2.08. The molecule has 1 amide bonds. The number of rotatable bonds is 12. The van der Waals surface area contributed by atoms with Gasteiger partial charge in [-0.15, -0.1) is 0 Å². The lowest BCUT2D eigenvalue weighted by Crippen LogP contribution is -2.27. The molecule has 1 aliphatic rings. The Bertz CT molecular complexity index is 334. The Labute approximate surface area is 130 Å². The van der Waals surface area contributed by atoms with Crippen LogP contribution < -0.4 is 10.6 Å². The topological polar surface area (TPSA) is 41.1 Å². The summed E-state index contributed by atoms with van der Waals surface area (Å²) in [5.41, 5.74) is 0.824. The Kier molecular flexibility index (Phi) is 10.6. The molecule has 0 saturated carbocycles. The molecule has 0 bridgehead atoms. The molecule has 2 N–H and O–H groups in total. The first-order chi connectivity index (χ1) is 10.3. The van der Waals surface area contributed by atoms with Crippen molar-refractivity contribution in [2.45, 2.75) is 77.6 Å². The molecular formula is C18H32N2O. The van der Waals surface area contributed by atoms with Gasteiger partial charge >= 0.3 is 0 Å². The Morgan fingerprint density at radius 3 is 2.24 bits per heavy atom. The molecule has 0 atom stereocenters. The first kappa shape index (κ1) is 17.8. The molecule has 1 heterocycles. The van der Waals surface area contributed by atoms with E-state index in [4.69, 9.17) is 0 Å². The predicted octanol–water partition coefficient (Wildman–Crippen LogP) is 4.41. The molecule has 0 radical (unpaired) electrons. The van der Waals surface area contributed by atoms with E-state index >= 15 is 0 Å². The Morgan fingerprint density at radius 2 is 1.67 bits per heavy atom. The molecule has 1 aliphatic heterocycles. The summed E-state index contributed by atoms with van der Waals surface area (Å²) in [7, 11) is 0. The zero-order valence-electron chi connectivity index (χ0n) is 13.6. The molecule has 0 unspecified atom stereocenters. The summed E-state index contributed by atoms with van der Waals surface area (Å²) in [4.78, 5) is 11.8. The van der Waals surface area contributed by atoms with Gasteiger partial charge in [0.1, 0.15) is 0 Å². The van der Waals surface area contributed by atoms with Crippen molar-refractivity contribution >= 4 is 5.91 Å². The number of carbonyl (C=O) groups excluding carboxylic acids is 1. The molecular weight excluding hydrogens is 260 g/mol. The Hall–Kier alpha value is -1.25. The molecule has 0 spiro atoms. The molecule has 21 heavy (non-hydrogen) atoms. The average molecular weight is 292 g/mol. The first-order valence-corrected chi connectivity index (χ1v) is 8.73. The molecule has 0 aromatic carbocycles. The van der Waals surface area contributed by atoms with Crippen molar-refractivity contribution in [3.05, 3.63) is 24.0 Å². The lowest BCUT2D eigenvalue weighted by molar-refractivity contribution is -0.117. The minimum absolute atomic E-state index is 0.0720. The van der Waals surface area contributed by atoms with Crippen LogP contribution in [0.15, 0.2) is 24.0 Å². The fourth-order valence-electron chi connectivity index (χ4n) is 2.55. The van der Waals surface area contributed by atoms with Crippen molar-refractivity contribution < 1.29 is 4.79 Å². The molecule has 0 saturated heterocycles. The van der Waals surface area contributed by atoms with Gasteiger partial charge in [-0.25, -0.2) is 0 Å². The van der Waals surface area contributed by atoms with Gasteiger partial charge in [-0.1, -0.05) is 70.8 Å². The molecule has 0 aromatic heterocycles. The van der Waals surface area contributed by atoms with Crippen LogP contribution in [0.2, 0.25) is 0 Å². The number of hydrogen-bond acceptors (Lipinski definition) is 2. The van der Waals surface area contributed by atoms with Crippen molar-refractivity contribution in [3.63, 3.8) is 0 Å². The largest absolute Gasteiger partial charge is 0.367 e. The van der Waals surface area contributed by atoms with Gasteiger partial charge in [0.15, 0.2) is 0 Å². The number of nitrogens with one attached hydrogen (secondary N) is 2. The maximum atomic E-state index is 11.8. The first-order valence-electron chi connectivity index (χ1n) is 8.73. The highest BCUT2D eigenvalue weighted by molar-refractivity contribution is 5.93. The standard InChI is InChI=1S/C18H32N2O/c1-2-3-4-5-6-7-8-9-10-11-15-20-18(21)17-13-12-14-19-16-17/h12,14,16,19H,2-11,13,15H2,1H3,(H,20,21). The normalized spacial score (nSPS) is 13.7. The predicted molar refractivity (Wildman–Crippen MR) is 89.8 cm³/mol. The van der Waals surface area contributed by atoms with Crippen LogP contribution in [0.3, 0.4) is 0 Å². The van der Waals surface area contributed by atoms with Crippen LogP contribution in [0.1, 0.15) is 77.6 Å². The van der Waals surface area contributed by atoms with Crippen LogP contribution in [0.25, 0.3) is 0 Å². The lowest BCUT2D eigenvalue weighted by atomic mass is 10.1. The Morgan fingerprint density at radius 1 is 1.05 bits per heavy atom. The third-order valence-corrected chi connectivity index (χ3v) is 3.92. The van der Waals surface area contributed by atoms with E-state index in [0.29, 0.717) is 0 Å². The van der Waals surface area contributed by atoms with Gasteiger partial charge in [-0.2, -0.15) is 0 Å². The second kappa shape index (κ2) is 12.5. The third kappa shape index (κ3) is 9.33. The molecule has 3 nitrogen and oxygen atoms in total. The smallest absolute Gasteiger partial charge is 0.248 e. The van der Waals surface area contributed by atoms with Gasteiger partial charge in [-0.05, 0) is 19.0 Å². The van der Waals surface area contributed by atoms with Crippen LogP contribution in [-0.2, 0) is 4.79 Å². The zero-order chi connectivity index (χ0) is 15.2. The van der Waals surface area contributed by atoms with Crippen molar-refractivity contribution in [1.82, 2.24) is 10.6 Å². The van der Waals surface area contributed by atoms with E-state index in [9.17, 15) is 4.79 Å². The zero-order valence-corrected chi connectivity index (χ0v) is 13.6. The minimum atomic E-state index is 0.0720. The van der Waals surface area contributed by atoms with E-state index in [1.54, 1.807) is 6.20 Å². The number of hydrogen-bond donors (Lipinski definition) is 2. The van der Waals surface area contributed by atoms with E-state index in [0.717, 1.165) is 25.0 Å². The van der Waals surface area contributed by atoms with Crippen LogP contribution in [0, 0.1) is 0 Å². The highest BCUT2D eigenvalue weighted by atomic mass is 16.1. The molecule has 1 rings (SSSR count). The maximum Gasteiger partial charge on any atom is 0.248 e. The number of allylic oxidation sites excluding steroid dienone is 1. The van der Waals surface area contributed by atoms with Crippen molar-refractivity contribution in [3.8, 4) is 0 Å². The van der Waals surface area contributed by atoms with E-state index < -0.39 is 0 Å². The molecule has 0 aliphatic carbocycles. The van der Waals surface area contributed by atoms with Crippen LogP contribution >= 0.6 is 0 Å². The van der Waals surface area contributed by atoms with Crippen molar-refractivity contribution in [1.29, 1.82) is 0 Å². The van der Waals surface area contributed by atoms with E-state index in [2.05, 4.69) is 17.6 Å². The summed E-state index contributed by atoms with van der Waals surface area (Å²) in [5.74, 6) is 0.0720. The van der Waals surface area contributed by atoms with Crippen LogP contribution in [0.4, 0.5) is 0 Å². The summed E-state index contributed by atoms with van der Waals surface area (Å²) in [6.45, 7) is 3.06. The summed E-state index contributed by atoms with van der Waals surface area (Å²) in [6, 6.07) is 0. The van der Waals surface area contributed by atoms with Gasteiger partial charge in [0, 0.05) is 18.3 Å². The van der Waals surface area contributed by atoms with Crippen molar-refractivity contribution in [2.24, 2.45) is 0 Å². The van der Waals surface area contributed by atoms with Gasteiger partial charge in [0.25, 0.3) is 0 Å². The second-order valence-corrected chi connectivity index (χ2v) is 5.88. The number of dihydropyridines is 1. The highest BCUT2D eigenvalue weighted by Crippen LogP contribution is 2.10. The Balaban J connectivity index is 1.84. The third-order valence-electron chi connectivity index (χ3n) is 3.92. The monoisotopic (exact) mass is 292 g/mol. The quantitative estimate of drug-likeness (QED) is 0.523. The molecule has 3 heteroatoms. The number of carbonyl (C=O) groups is 1. The van der Waals surface area contributed by atoms with Gasteiger partial charge in [0.05, 0.1) is 0 Å². The summed E-state index contributed by atoms with van der Waals surface area (Å²) in [5, 5.41) is 5.95. The number of unbranched alkanes of at least 4 members (excludes halogenated alkanes) is 9. The number of amides is 1. The van der Waals surface area contributed by atoms with Gasteiger partial charge < -0.3 is 10.6 Å². The van der Waals surface area contributed by atoms with E-state index in [1.807, 2.05) is 12.3 Å². The van der Waals surface area contributed by atoms with Gasteiger partial charge in [-0.3, -0.25) is 4.79 Å². The maximum absolute atomic E-state index is 11.8. The van der Waals surface area contributed by atoms with E-state index in [-0.39, 0.29) is 5.91 Å². The summed E-state index contributed by atoms with van der Waals surface area (Å²) < 4.78 is 0.